The summed E-state index contributed by atoms with van der Waals surface area (Å²) in [4.78, 5) is 22.0. The highest BCUT2D eigenvalue weighted by Crippen LogP contribution is 1.95. The van der Waals surface area contributed by atoms with Gasteiger partial charge >= 0.3 is 6.09 Å². The van der Waals surface area contributed by atoms with Crippen LogP contribution >= 0.6 is 12.6 Å². The molecule has 0 aromatic carbocycles. The predicted molar refractivity (Wildman–Crippen MR) is 46.9 cm³/mol. The second-order valence-corrected chi connectivity index (χ2v) is 2.43. The number of carbonyl (C=O) groups excluding carboxylic acids is 1. The van der Waals surface area contributed by atoms with Crippen molar-refractivity contribution in [2.24, 2.45) is 5.73 Å². The van der Waals surface area contributed by atoms with Crippen LogP contribution in [-0.2, 0) is 4.79 Å². The molecule has 0 saturated carbocycles. The third-order valence-electron chi connectivity index (χ3n) is 1.23. The largest absolute Gasteiger partial charge is 0.465 e. The third-order valence-corrected chi connectivity index (χ3v) is 1.63. The van der Waals surface area contributed by atoms with Crippen molar-refractivity contribution in [3.05, 3.63) is 6.92 Å². The second-order valence-electron chi connectivity index (χ2n) is 2.06. The summed E-state index contributed by atoms with van der Waals surface area (Å²) in [6, 6.07) is -0.883. The minimum absolute atomic E-state index is 0.114. The van der Waals surface area contributed by atoms with Crippen molar-refractivity contribution in [2.45, 2.75) is 6.04 Å². The van der Waals surface area contributed by atoms with Crippen molar-refractivity contribution in [3.8, 4) is 0 Å². The normalized spacial score (nSPS) is 12.2. The van der Waals surface area contributed by atoms with Gasteiger partial charge in [0, 0.05) is 12.3 Å². The first-order valence-corrected chi connectivity index (χ1v) is 3.87. The van der Waals surface area contributed by atoms with Gasteiger partial charge in [-0.3, -0.25) is 4.79 Å². The standard InChI is InChI=1S/C6H11N2O3S/c1-2-8(6(10)11)5(9)4(7)3-12/h4,12H,1-3,7H2,(H,10,11)/t4-/m0/s1. The molecule has 0 spiro atoms. The van der Waals surface area contributed by atoms with E-state index in [1.807, 2.05) is 0 Å². The number of nitrogens with zero attached hydrogens (tertiary/aromatic N) is 1. The molecule has 0 rings (SSSR count). The van der Waals surface area contributed by atoms with Crippen LogP contribution in [0.2, 0.25) is 0 Å². The molecule has 0 aliphatic rings. The zero-order valence-electron chi connectivity index (χ0n) is 6.43. The van der Waals surface area contributed by atoms with Crippen molar-refractivity contribution in [1.29, 1.82) is 0 Å². The van der Waals surface area contributed by atoms with Crippen LogP contribution in [0.25, 0.3) is 0 Å². The molecule has 0 aromatic heterocycles. The maximum Gasteiger partial charge on any atom is 0.414 e. The van der Waals surface area contributed by atoms with Gasteiger partial charge in [0.25, 0.3) is 0 Å². The van der Waals surface area contributed by atoms with Crippen LogP contribution in [0.1, 0.15) is 0 Å². The minimum Gasteiger partial charge on any atom is -0.465 e. The zero-order valence-corrected chi connectivity index (χ0v) is 7.33. The molecule has 1 radical (unpaired) electrons. The van der Waals surface area contributed by atoms with Gasteiger partial charge in [0.1, 0.15) is 0 Å². The second kappa shape index (κ2) is 5.00. The quantitative estimate of drug-likeness (QED) is 0.529. The maximum atomic E-state index is 11.1. The van der Waals surface area contributed by atoms with Gasteiger partial charge in [0.2, 0.25) is 5.91 Å². The molecule has 0 fully saturated rings. The number of thiol groups is 1. The Kier molecular flexibility index (Phi) is 4.68. The van der Waals surface area contributed by atoms with Gasteiger partial charge in [0.05, 0.1) is 6.04 Å². The van der Waals surface area contributed by atoms with Gasteiger partial charge in [-0.15, -0.1) is 0 Å². The number of imide groups is 1. The van der Waals surface area contributed by atoms with Gasteiger partial charge in [-0.2, -0.15) is 12.6 Å². The molecule has 5 nitrogen and oxygen atoms in total. The number of hydrogen-bond donors (Lipinski definition) is 3. The minimum atomic E-state index is -1.34. The first-order valence-electron chi connectivity index (χ1n) is 3.24. The maximum absolute atomic E-state index is 11.1. The van der Waals surface area contributed by atoms with E-state index in [1.54, 1.807) is 0 Å². The van der Waals surface area contributed by atoms with E-state index in [4.69, 9.17) is 10.8 Å². The summed E-state index contributed by atoms with van der Waals surface area (Å²) in [6.07, 6.45) is -1.34. The molecule has 0 aromatic rings. The molecule has 3 N–H and O–H groups in total. The monoisotopic (exact) mass is 191 g/mol. The third kappa shape index (κ3) is 2.71. The van der Waals surface area contributed by atoms with Crippen LogP contribution in [0, 0.1) is 6.92 Å². The molecule has 0 aliphatic carbocycles. The number of carboxylic acid groups (broad SMARTS) is 1. The highest BCUT2D eigenvalue weighted by atomic mass is 32.1. The van der Waals surface area contributed by atoms with E-state index in [2.05, 4.69) is 19.6 Å². The first-order chi connectivity index (χ1) is 5.54. The Bertz CT molecular complexity index is 186. The molecule has 69 valence electrons. The summed E-state index contributed by atoms with van der Waals surface area (Å²) in [5.74, 6) is -0.560. The van der Waals surface area contributed by atoms with E-state index in [1.165, 1.54) is 0 Å². The average Bonchev–Trinajstić information content (AvgIpc) is 2.03. The van der Waals surface area contributed by atoms with Crippen LogP contribution in [0.5, 0.6) is 0 Å². The Morgan fingerprint density at radius 2 is 2.17 bits per heavy atom. The van der Waals surface area contributed by atoms with E-state index < -0.39 is 18.0 Å². The topological polar surface area (TPSA) is 83.6 Å². The van der Waals surface area contributed by atoms with Gasteiger partial charge in [-0.1, -0.05) is 0 Å². The van der Waals surface area contributed by atoms with E-state index in [9.17, 15) is 9.59 Å². The lowest BCUT2D eigenvalue weighted by atomic mass is 10.3. The smallest absolute Gasteiger partial charge is 0.414 e. The Hall–Kier alpha value is -0.750. The number of rotatable bonds is 3. The Balaban J connectivity index is 4.31. The fourth-order valence-corrected chi connectivity index (χ4v) is 0.735. The van der Waals surface area contributed by atoms with Gasteiger partial charge in [-0.05, 0) is 6.92 Å². The summed E-state index contributed by atoms with van der Waals surface area (Å²) in [6.45, 7) is 3.15. The van der Waals surface area contributed by atoms with Crippen molar-refractivity contribution >= 4 is 24.6 Å². The average molecular weight is 191 g/mol. The van der Waals surface area contributed by atoms with Crippen molar-refractivity contribution in [2.75, 3.05) is 12.3 Å². The first kappa shape index (κ1) is 11.2. The molecule has 0 aliphatic heterocycles. The highest BCUT2D eigenvalue weighted by Gasteiger charge is 2.23. The van der Waals surface area contributed by atoms with Crippen LogP contribution in [0.15, 0.2) is 0 Å². The molecular weight excluding hydrogens is 180 g/mol. The van der Waals surface area contributed by atoms with E-state index in [-0.39, 0.29) is 12.3 Å². The number of amides is 2. The molecule has 0 heterocycles. The number of nitrogens with two attached hydrogens (primary N) is 1. The van der Waals surface area contributed by atoms with Crippen LogP contribution in [-0.4, -0.2) is 40.3 Å². The molecular formula is C6H11N2O3S. The number of carbonyl (C=O) groups is 2. The molecule has 1 atom stereocenters. The van der Waals surface area contributed by atoms with Crippen LogP contribution in [0.4, 0.5) is 4.79 Å². The lowest BCUT2D eigenvalue weighted by Gasteiger charge is -2.17. The van der Waals surface area contributed by atoms with Crippen molar-refractivity contribution in [3.63, 3.8) is 0 Å². The zero-order chi connectivity index (χ0) is 9.72. The molecule has 0 bridgehead atoms. The van der Waals surface area contributed by atoms with Crippen molar-refractivity contribution < 1.29 is 14.7 Å². The van der Waals surface area contributed by atoms with E-state index >= 15 is 0 Å². The fourth-order valence-electron chi connectivity index (χ4n) is 0.578. The summed E-state index contributed by atoms with van der Waals surface area (Å²) >= 11 is 3.77. The van der Waals surface area contributed by atoms with Gasteiger partial charge < -0.3 is 10.8 Å². The molecule has 2 amide bonds. The molecule has 12 heavy (non-hydrogen) atoms. The number of hydrogen-bond acceptors (Lipinski definition) is 4. The lowest BCUT2D eigenvalue weighted by molar-refractivity contribution is -0.129. The fraction of sp³-hybridized carbons (Fsp3) is 0.500. The Morgan fingerprint density at radius 1 is 1.67 bits per heavy atom. The van der Waals surface area contributed by atoms with E-state index in [0.717, 1.165) is 0 Å². The predicted octanol–water partition coefficient (Wildman–Crippen LogP) is -0.416. The highest BCUT2D eigenvalue weighted by molar-refractivity contribution is 7.80. The SMILES string of the molecule is [CH2]CN(C(=O)O)C(=O)[C@@H](N)CS. The summed E-state index contributed by atoms with van der Waals surface area (Å²) < 4.78 is 0. The van der Waals surface area contributed by atoms with Gasteiger partial charge in [-0.25, -0.2) is 9.69 Å². The van der Waals surface area contributed by atoms with Crippen LogP contribution < -0.4 is 5.73 Å². The van der Waals surface area contributed by atoms with Gasteiger partial charge in [0.15, 0.2) is 0 Å². The summed E-state index contributed by atoms with van der Waals surface area (Å²) in [5.41, 5.74) is 5.27. The summed E-state index contributed by atoms with van der Waals surface area (Å²) in [7, 11) is 0. The molecule has 0 saturated heterocycles. The van der Waals surface area contributed by atoms with Crippen LogP contribution in [0.3, 0.4) is 0 Å². The van der Waals surface area contributed by atoms with E-state index in [0.29, 0.717) is 4.90 Å². The lowest BCUT2D eigenvalue weighted by Crippen LogP contribution is -2.47. The Labute approximate surface area is 75.9 Å². The molecule has 6 heteroatoms. The molecule has 0 unspecified atom stereocenters. The Morgan fingerprint density at radius 3 is 2.42 bits per heavy atom. The summed E-state index contributed by atoms with van der Waals surface area (Å²) in [5, 5.41) is 8.47. The van der Waals surface area contributed by atoms with Crippen molar-refractivity contribution in [1.82, 2.24) is 4.90 Å².